The Morgan fingerprint density at radius 3 is 2.47 bits per heavy atom. The van der Waals surface area contributed by atoms with Crippen molar-refractivity contribution < 1.29 is 18.6 Å². The summed E-state index contributed by atoms with van der Waals surface area (Å²) < 4.78 is 23.9. The maximum atomic E-state index is 11.9. The molecule has 2 N–H and O–H groups in total. The van der Waals surface area contributed by atoms with Crippen LogP contribution >= 0.6 is 11.3 Å². The van der Waals surface area contributed by atoms with Crippen molar-refractivity contribution in [3.63, 3.8) is 0 Å². The minimum absolute atomic E-state index is 0.264. The average molecular weight is 543 g/mol. The van der Waals surface area contributed by atoms with Crippen LogP contribution in [0.4, 0.5) is 0 Å². The van der Waals surface area contributed by atoms with Crippen molar-refractivity contribution in [1.82, 2.24) is 9.97 Å². The molecule has 1 atom stereocenters. The fourth-order valence-corrected chi connectivity index (χ4v) is 5.59. The van der Waals surface area contributed by atoms with E-state index in [0.717, 1.165) is 43.7 Å². The Morgan fingerprint density at radius 1 is 1.00 bits per heavy atom. The maximum Gasteiger partial charge on any atom is 0.175 e. The van der Waals surface area contributed by atoms with E-state index in [1.807, 2.05) is 60.0 Å². The summed E-state index contributed by atoms with van der Waals surface area (Å²) in [6.45, 7) is 1.18. The topological polar surface area (TPSA) is 100 Å². The molecule has 5 rings (SSSR count). The Morgan fingerprint density at radius 2 is 1.79 bits per heavy atom. The summed E-state index contributed by atoms with van der Waals surface area (Å²) in [6.07, 6.45) is 6.70. The van der Waals surface area contributed by atoms with Crippen molar-refractivity contribution >= 4 is 43.7 Å². The van der Waals surface area contributed by atoms with Crippen molar-refractivity contribution in [2.45, 2.75) is 17.4 Å². The quantitative estimate of drug-likeness (QED) is 0.262. The van der Waals surface area contributed by atoms with E-state index in [9.17, 15) is 18.6 Å². The van der Waals surface area contributed by atoms with Gasteiger partial charge in [-0.05, 0) is 71.7 Å². The third-order valence-corrected chi connectivity index (χ3v) is 8.33. The van der Waals surface area contributed by atoms with Gasteiger partial charge in [0.25, 0.3) is 0 Å². The molecule has 5 aromatic rings. The zero-order valence-corrected chi connectivity index (χ0v) is 22.5. The predicted octanol–water partition coefficient (Wildman–Crippen LogP) is 5.55. The number of hydrogen-bond acceptors (Lipinski definition) is 7. The molecule has 0 fully saturated rings. The number of fused-ring (bicyclic) bond motifs is 1. The number of aromatic nitrogens is 2. The standard InChI is InChI=1S/C30H26N2O4S2/c1-30(34,19-33)24-17-23-7-4-12-31-28(23)26(18-24)22-6-3-5-20(15-22)16-27(29-32-13-14-37-29)21-8-10-25(11-9-21)38(2,35)36/h3-18,33-34H,19H2,1-2H3/b27-16-. The Bertz CT molecular complexity index is 1740. The highest BCUT2D eigenvalue weighted by Crippen LogP contribution is 2.34. The fraction of sp³-hybridized carbons (Fsp3) is 0.133. The summed E-state index contributed by atoms with van der Waals surface area (Å²) in [5.74, 6) is 0. The summed E-state index contributed by atoms with van der Waals surface area (Å²) >= 11 is 1.51. The molecule has 0 spiro atoms. The van der Waals surface area contributed by atoms with E-state index in [-0.39, 0.29) is 4.90 Å². The smallest absolute Gasteiger partial charge is 0.175 e. The van der Waals surface area contributed by atoms with Gasteiger partial charge in [0.15, 0.2) is 9.84 Å². The van der Waals surface area contributed by atoms with Crippen LogP contribution in [0.1, 0.15) is 28.6 Å². The first-order valence-corrected chi connectivity index (χ1v) is 14.7. The average Bonchev–Trinajstić information content (AvgIpc) is 3.45. The van der Waals surface area contributed by atoms with Crippen LogP contribution in [-0.2, 0) is 15.4 Å². The van der Waals surface area contributed by atoms with Gasteiger partial charge >= 0.3 is 0 Å². The van der Waals surface area contributed by atoms with Crippen LogP contribution in [0, 0.1) is 0 Å². The number of rotatable bonds is 7. The summed E-state index contributed by atoms with van der Waals surface area (Å²) in [5.41, 5.74) is 4.39. The summed E-state index contributed by atoms with van der Waals surface area (Å²) in [6, 6.07) is 22.3. The van der Waals surface area contributed by atoms with E-state index in [1.54, 1.807) is 43.6 Å². The van der Waals surface area contributed by atoms with Crippen molar-refractivity contribution in [3.8, 4) is 11.1 Å². The van der Waals surface area contributed by atoms with Crippen LogP contribution in [0.15, 0.2) is 95.5 Å². The van der Waals surface area contributed by atoms with Gasteiger partial charge < -0.3 is 10.2 Å². The summed E-state index contributed by atoms with van der Waals surface area (Å²) in [4.78, 5) is 9.36. The molecule has 192 valence electrons. The first-order valence-electron chi connectivity index (χ1n) is 11.9. The van der Waals surface area contributed by atoms with Gasteiger partial charge in [0.2, 0.25) is 0 Å². The van der Waals surface area contributed by atoms with Crippen LogP contribution in [0.5, 0.6) is 0 Å². The monoisotopic (exact) mass is 542 g/mol. The highest BCUT2D eigenvalue weighted by Gasteiger charge is 2.24. The third-order valence-electron chi connectivity index (χ3n) is 6.40. The molecule has 2 heterocycles. The Hall–Kier alpha value is -3.69. The van der Waals surface area contributed by atoms with Crippen molar-refractivity contribution in [1.29, 1.82) is 0 Å². The van der Waals surface area contributed by atoms with Gasteiger partial charge in [-0.2, -0.15) is 0 Å². The number of sulfone groups is 1. The van der Waals surface area contributed by atoms with Crippen LogP contribution in [0.2, 0.25) is 0 Å². The molecule has 6 nitrogen and oxygen atoms in total. The van der Waals surface area contributed by atoms with Crippen LogP contribution < -0.4 is 0 Å². The molecule has 38 heavy (non-hydrogen) atoms. The molecular formula is C30H26N2O4S2. The van der Waals surface area contributed by atoms with Crippen LogP contribution in [-0.4, -0.2) is 41.5 Å². The number of aliphatic hydroxyl groups excluding tert-OH is 1. The van der Waals surface area contributed by atoms with Gasteiger partial charge in [0, 0.05) is 40.6 Å². The summed E-state index contributed by atoms with van der Waals surface area (Å²) in [7, 11) is -3.30. The minimum atomic E-state index is -3.30. The van der Waals surface area contributed by atoms with E-state index in [0.29, 0.717) is 5.56 Å². The zero-order valence-electron chi connectivity index (χ0n) is 20.9. The number of nitrogens with zero attached hydrogens (tertiary/aromatic N) is 2. The fourth-order valence-electron chi connectivity index (χ4n) is 4.28. The first-order chi connectivity index (χ1) is 18.2. The number of hydrogen-bond donors (Lipinski definition) is 2. The van der Waals surface area contributed by atoms with E-state index in [1.165, 1.54) is 17.6 Å². The lowest BCUT2D eigenvalue weighted by Crippen LogP contribution is -2.25. The van der Waals surface area contributed by atoms with Gasteiger partial charge in [0.05, 0.1) is 17.0 Å². The lowest BCUT2D eigenvalue weighted by molar-refractivity contribution is -0.00214. The number of pyridine rings is 1. The predicted molar refractivity (Wildman–Crippen MR) is 152 cm³/mol. The molecular weight excluding hydrogens is 516 g/mol. The lowest BCUT2D eigenvalue weighted by atomic mass is 9.90. The second-order valence-electron chi connectivity index (χ2n) is 9.35. The second kappa shape index (κ2) is 10.2. The zero-order chi connectivity index (χ0) is 26.9. The van der Waals surface area contributed by atoms with Gasteiger partial charge in [-0.3, -0.25) is 4.98 Å². The molecule has 2 aromatic heterocycles. The molecule has 8 heteroatoms. The number of thiazole rings is 1. The van der Waals surface area contributed by atoms with Gasteiger partial charge in [0.1, 0.15) is 10.6 Å². The molecule has 0 bridgehead atoms. The van der Waals surface area contributed by atoms with Crippen molar-refractivity contribution in [2.75, 3.05) is 12.9 Å². The molecule has 0 saturated carbocycles. The van der Waals surface area contributed by atoms with E-state index < -0.39 is 22.0 Å². The lowest BCUT2D eigenvalue weighted by Gasteiger charge is -2.22. The van der Waals surface area contributed by atoms with Gasteiger partial charge in [-0.1, -0.05) is 36.4 Å². The molecule has 0 saturated heterocycles. The Labute approximate surface area is 225 Å². The van der Waals surface area contributed by atoms with E-state index >= 15 is 0 Å². The van der Waals surface area contributed by atoms with Gasteiger partial charge in [-0.15, -0.1) is 11.3 Å². The van der Waals surface area contributed by atoms with E-state index in [4.69, 9.17) is 0 Å². The molecule has 0 aliphatic rings. The molecule has 0 radical (unpaired) electrons. The SMILES string of the molecule is CC(O)(CO)c1cc(-c2cccc(/C=C(/c3ccc(S(C)(=O)=O)cc3)c3nccs3)c2)c2ncccc2c1. The molecule has 0 aliphatic heterocycles. The molecule has 0 amide bonds. The largest absolute Gasteiger partial charge is 0.393 e. The normalized spacial score (nSPS) is 13.9. The number of benzene rings is 3. The Balaban J connectivity index is 1.64. The van der Waals surface area contributed by atoms with E-state index in [2.05, 4.69) is 9.97 Å². The molecule has 0 aliphatic carbocycles. The van der Waals surface area contributed by atoms with Crippen molar-refractivity contribution in [2.24, 2.45) is 0 Å². The first kappa shape index (κ1) is 25.9. The van der Waals surface area contributed by atoms with Crippen LogP contribution in [0.25, 0.3) is 33.7 Å². The minimum Gasteiger partial charge on any atom is -0.393 e. The highest BCUT2D eigenvalue weighted by atomic mass is 32.2. The Kier molecular flexibility index (Phi) is 6.98. The molecule has 1 unspecified atom stereocenters. The van der Waals surface area contributed by atoms with Crippen molar-refractivity contribution in [3.05, 3.63) is 112 Å². The highest BCUT2D eigenvalue weighted by molar-refractivity contribution is 7.90. The van der Waals surface area contributed by atoms with Crippen LogP contribution in [0.3, 0.4) is 0 Å². The third kappa shape index (κ3) is 5.30. The van der Waals surface area contributed by atoms with Gasteiger partial charge in [-0.25, -0.2) is 13.4 Å². The second-order valence-corrected chi connectivity index (χ2v) is 12.3. The number of aliphatic hydroxyl groups is 2. The molecule has 3 aromatic carbocycles. The maximum absolute atomic E-state index is 11.9. The summed E-state index contributed by atoms with van der Waals surface area (Å²) in [5, 5.41) is 24.1.